The van der Waals surface area contributed by atoms with Gasteiger partial charge >= 0.3 is 0 Å². The summed E-state index contributed by atoms with van der Waals surface area (Å²) in [7, 11) is 2.03. The molecule has 1 rings (SSSR count). The van der Waals surface area contributed by atoms with Gasteiger partial charge in [-0.25, -0.2) is 0 Å². The average molecular weight is 184 g/mol. The molecule has 0 heterocycles. The van der Waals surface area contributed by atoms with E-state index in [1.807, 2.05) is 0 Å². The molecule has 10 heavy (non-hydrogen) atoms. The molecule has 0 spiro atoms. The topological polar surface area (TPSA) is 20.2 Å². The quantitative estimate of drug-likeness (QED) is 0.506. The zero-order chi connectivity index (χ0) is 7.40. The maximum atomic E-state index is 8.96. The maximum Gasteiger partial charge on any atom is 0.115 e. The molecule has 0 fully saturated rings. The minimum atomic E-state index is 0.172. The Bertz CT molecular complexity index is 197. The molecule has 0 atom stereocenters. The Kier molecular flexibility index (Phi) is 2.91. The van der Waals surface area contributed by atoms with E-state index in [1.165, 1.54) is 14.9 Å². The Morgan fingerprint density at radius 1 is 1.20 bits per heavy atom. The molecule has 0 amide bonds. The summed E-state index contributed by atoms with van der Waals surface area (Å²) >= 11 is 0. The van der Waals surface area contributed by atoms with Crippen LogP contribution in [0, 0.1) is 0 Å². The highest BCUT2D eigenvalue weighted by Crippen LogP contribution is 2.01. The summed E-state index contributed by atoms with van der Waals surface area (Å²) in [5.41, 5.74) is 0. The lowest BCUT2D eigenvalue weighted by molar-refractivity contribution is 0.475. The number of aromatic hydroxyl groups is 1. The second-order valence-corrected chi connectivity index (χ2v) is 18.2. The zero-order valence-corrected chi connectivity index (χ0v) is 11.0. The molecule has 0 aliphatic heterocycles. The molecule has 0 saturated carbocycles. The third-order valence-corrected chi connectivity index (χ3v) is 10.8. The summed E-state index contributed by atoms with van der Waals surface area (Å²) in [4.78, 5) is 0. The molecule has 0 saturated heterocycles. The van der Waals surface area contributed by atoms with Crippen molar-refractivity contribution in [3.63, 3.8) is 0 Å². The van der Waals surface area contributed by atoms with E-state index in [0.29, 0.717) is 14.3 Å². The molecular weight excluding hydrogens is 172 g/mol. The van der Waals surface area contributed by atoms with Gasteiger partial charge in [-0.15, -0.1) is 0 Å². The van der Waals surface area contributed by atoms with Crippen molar-refractivity contribution in [2.75, 3.05) is 0 Å². The molecule has 1 N–H and O–H groups in total. The largest absolute Gasteiger partial charge is 0.508 e. The first-order chi connectivity index (χ1) is 4.83. The first-order valence-corrected chi connectivity index (χ1v) is 14.0. The van der Waals surface area contributed by atoms with Gasteiger partial charge in [0.25, 0.3) is 0 Å². The second-order valence-electron chi connectivity index (χ2n) is 2.42. The van der Waals surface area contributed by atoms with Crippen molar-refractivity contribution >= 4 is 32.5 Å². The SMILES string of the molecule is Oc1ccc([SiH2][SiH2][SiH3])cc1. The van der Waals surface area contributed by atoms with E-state index in [-0.39, 0.29) is 9.04 Å². The summed E-state index contributed by atoms with van der Waals surface area (Å²) in [6, 6.07) is 7.75. The van der Waals surface area contributed by atoms with Crippen molar-refractivity contribution in [2.24, 2.45) is 0 Å². The molecule has 1 nitrogen and oxygen atoms in total. The number of phenols is 1. The zero-order valence-electron chi connectivity index (χ0n) is 6.17. The van der Waals surface area contributed by atoms with Gasteiger partial charge in [-0.3, -0.25) is 0 Å². The van der Waals surface area contributed by atoms with Gasteiger partial charge in [0.2, 0.25) is 0 Å². The van der Waals surface area contributed by atoms with Crippen LogP contribution in [0.4, 0.5) is 0 Å². The van der Waals surface area contributed by atoms with Crippen molar-refractivity contribution in [3.05, 3.63) is 24.3 Å². The summed E-state index contributed by atoms with van der Waals surface area (Å²) in [5, 5.41) is 10.5. The minimum absolute atomic E-state index is 0.172. The van der Waals surface area contributed by atoms with Crippen molar-refractivity contribution < 1.29 is 5.11 Å². The van der Waals surface area contributed by atoms with Crippen molar-refractivity contribution in [3.8, 4) is 5.75 Å². The van der Waals surface area contributed by atoms with Crippen LogP contribution in [0.3, 0.4) is 0 Å². The van der Waals surface area contributed by atoms with Gasteiger partial charge < -0.3 is 5.11 Å². The summed E-state index contributed by atoms with van der Waals surface area (Å²) in [6.45, 7) is 0. The Labute approximate surface area is 68.1 Å². The van der Waals surface area contributed by atoms with Gasteiger partial charge in [-0.1, -0.05) is 17.3 Å². The Balaban J connectivity index is 2.69. The molecule has 54 valence electrons. The van der Waals surface area contributed by atoms with Crippen LogP contribution in [0.2, 0.25) is 0 Å². The van der Waals surface area contributed by atoms with Crippen LogP contribution in [0.15, 0.2) is 24.3 Å². The third-order valence-electron chi connectivity index (χ3n) is 1.48. The monoisotopic (exact) mass is 184 g/mol. The highest BCUT2D eigenvalue weighted by molar-refractivity contribution is 7.27. The van der Waals surface area contributed by atoms with E-state index in [4.69, 9.17) is 5.11 Å². The van der Waals surface area contributed by atoms with Crippen molar-refractivity contribution in [2.45, 2.75) is 0 Å². The average Bonchev–Trinajstić information content (AvgIpc) is 1.95. The fourth-order valence-electron chi connectivity index (χ4n) is 0.951. The number of hydrogen-bond donors (Lipinski definition) is 1. The second kappa shape index (κ2) is 3.75. The summed E-state index contributed by atoms with van der Waals surface area (Å²) in [6.07, 6.45) is 0. The lowest BCUT2D eigenvalue weighted by atomic mass is 10.3. The standard InChI is InChI=1S/C6H12OSi3/c7-5-1-3-6(4-2-5)9-10-8/h1-4,7H,9-10H2,8H3. The molecule has 0 aliphatic carbocycles. The number of rotatable bonds is 2. The van der Waals surface area contributed by atoms with E-state index < -0.39 is 0 Å². The van der Waals surface area contributed by atoms with Gasteiger partial charge in [0.1, 0.15) is 5.75 Å². The van der Waals surface area contributed by atoms with Gasteiger partial charge in [0, 0.05) is 9.04 Å². The van der Waals surface area contributed by atoms with Gasteiger partial charge in [0.05, 0.1) is 0 Å². The smallest absolute Gasteiger partial charge is 0.115 e. The van der Waals surface area contributed by atoms with E-state index in [1.54, 1.807) is 12.1 Å². The molecule has 0 bridgehead atoms. The fraction of sp³-hybridized carbons (Fsp3) is 0. The Morgan fingerprint density at radius 3 is 2.30 bits per heavy atom. The molecular formula is C6H12OSi3. The van der Waals surface area contributed by atoms with Crippen molar-refractivity contribution in [1.82, 2.24) is 0 Å². The van der Waals surface area contributed by atoms with E-state index in [9.17, 15) is 0 Å². The van der Waals surface area contributed by atoms with E-state index >= 15 is 0 Å². The number of hydrogen-bond acceptors (Lipinski definition) is 1. The molecule has 1 aromatic rings. The first kappa shape index (κ1) is 7.77. The summed E-state index contributed by atoms with van der Waals surface area (Å²) < 4.78 is 0. The van der Waals surface area contributed by atoms with Crippen LogP contribution in [0.1, 0.15) is 0 Å². The minimum Gasteiger partial charge on any atom is -0.508 e. The highest BCUT2D eigenvalue weighted by atomic mass is 29.5. The third kappa shape index (κ3) is 2.13. The summed E-state index contributed by atoms with van der Waals surface area (Å²) in [5.74, 6) is 0.396. The van der Waals surface area contributed by atoms with Gasteiger partial charge in [-0.05, 0) is 30.4 Å². The molecule has 0 radical (unpaired) electrons. The Hall–Kier alpha value is -0.329. The fourth-order valence-corrected chi connectivity index (χ4v) is 10.0. The van der Waals surface area contributed by atoms with Crippen LogP contribution < -0.4 is 5.19 Å². The van der Waals surface area contributed by atoms with Crippen LogP contribution in [0.5, 0.6) is 5.75 Å². The lowest BCUT2D eigenvalue weighted by Crippen LogP contribution is -2.20. The molecule has 1 aromatic carbocycles. The van der Waals surface area contributed by atoms with Crippen LogP contribution >= 0.6 is 0 Å². The first-order valence-electron chi connectivity index (χ1n) is 3.61. The normalized spacial score (nSPS) is 12.4. The predicted octanol–water partition coefficient (Wildman–Crippen LogP) is -2.45. The molecule has 0 aliphatic rings. The number of benzene rings is 1. The molecule has 0 unspecified atom stereocenters. The van der Waals surface area contributed by atoms with Gasteiger partial charge in [-0.2, -0.15) is 0 Å². The van der Waals surface area contributed by atoms with Crippen LogP contribution in [-0.4, -0.2) is 32.5 Å². The van der Waals surface area contributed by atoms with E-state index in [0.717, 1.165) is 0 Å². The van der Waals surface area contributed by atoms with Gasteiger partial charge in [0.15, 0.2) is 0 Å². The lowest BCUT2D eigenvalue weighted by Gasteiger charge is -1.95. The van der Waals surface area contributed by atoms with Crippen LogP contribution in [0.25, 0.3) is 0 Å². The molecule has 4 heteroatoms. The van der Waals surface area contributed by atoms with Crippen LogP contribution in [-0.2, 0) is 0 Å². The Morgan fingerprint density at radius 2 is 1.80 bits per heavy atom. The maximum absolute atomic E-state index is 8.96. The molecule has 0 aromatic heterocycles. The highest BCUT2D eigenvalue weighted by Gasteiger charge is 1.90. The number of phenolic OH excluding ortho intramolecular Hbond substituents is 1. The predicted molar refractivity (Wildman–Crippen MR) is 54.8 cm³/mol. The van der Waals surface area contributed by atoms with E-state index in [2.05, 4.69) is 12.1 Å². The van der Waals surface area contributed by atoms with Crippen molar-refractivity contribution in [1.29, 1.82) is 0 Å².